The van der Waals surface area contributed by atoms with Gasteiger partial charge in [0, 0.05) is 12.5 Å². The van der Waals surface area contributed by atoms with Crippen LogP contribution in [0.25, 0.3) is 11.1 Å². The Labute approximate surface area is 124 Å². The first-order chi connectivity index (χ1) is 10.1. The van der Waals surface area contributed by atoms with Crippen LogP contribution in [0.4, 0.5) is 0 Å². The lowest BCUT2D eigenvalue weighted by molar-refractivity contribution is -0.137. The predicted octanol–water partition coefficient (Wildman–Crippen LogP) is 2.33. The number of carbonyl (C=O) groups is 1. The van der Waals surface area contributed by atoms with Gasteiger partial charge in [-0.05, 0) is 34.9 Å². The van der Waals surface area contributed by atoms with Crippen molar-refractivity contribution in [3.05, 3.63) is 59.7 Å². The van der Waals surface area contributed by atoms with Gasteiger partial charge in [-0.1, -0.05) is 42.5 Å². The van der Waals surface area contributed by atoms with Crippen molar-refractivity contribution in [2.75, 3.05) is 6.54 Å². The molecule has 0 aliphatic rings. The standard InChI is InChI=1S/C17H20N2O2/c18-10-12-3-1-4-13(7-12)14-5-2-6-15(8-14)16(11-19)9-17(20)21/h1-8,16H,9-11,18-19H2,(H,20,21)/t16-/m0/s1. The van der Waals surface area contributed by atoms with E-state index in [1.54, 1.807) is 0 Å². The van der Waals surface area contributed by atoms with Crippen LogP contribution in [0.2, 0.25) is 0 Å². The van der Waals surface area contributed by atoms with Crippen LogP contribution in [-0.2, 0) is 11.3 Å². The van der Waals surface area contributed by atoms with Crippen molar-refractivity contribution in [1.82, 2.24) is 0 Å². The molecule has 2 aromatic carbocycles. The molecule has 0 heterocycles. The van der Waals surface area contributed by atoms with Crippen LogP contribution in [0.5, 0.6) is 0 Å². The molecule has 2 aromatic rings. The van der Waals surface area contributed by atoms with Crippen molar-refractivity contribution in [2.24, 2.45) is 11.5 Å². The summed E-state index contributed by atoms with van der Waals surface area (Å²) in [6.45, 7) is 0.816. The van der Waals surface area contributed by atoms with Gasteiger partial charge >= 0.3 is 5.97 Å². The molecule has 0 amide bonds. The molecule has 1 atom stereocenters. The zero-order chi connectivity index (χ0) is 15.2. The molecule has 0 aliphatic heterocycles. The van der Waals surface area contributed by atoms with Crippen LogP contribution >= 0.6 is 0 Å². The highest BCUT2D eigenvalue weighted by Crippen LogP contribution is 2.26. The molecular weight excluding hydrogens is 264 g/mol. The molecule has 0 aliphatic carbocycles. The SMILES string of the molecule is NCc1cccc(-c2cccc([C@H](CN)CC(=O)O)c2)c1. The molecule has 2 rings (SSSR count). The molecule has 0 spiro atoms. The van der Waals surface area contributed by atoms with Gasteiger partial charge in [0.25, 0.3) is 0 Å². The third-order valence-corrected chi connectivity index (χ3v) is 3.56. The highest BCUT2D eigenvalue weighted by Gasteiger charge is 2.14. The summed E-state index contributed by atoms with van der Waals surface area (Å²) in [5, 5.41) is 8.96. The number of carboxylic acids is 1. The first-order valence-electron chi connectivity index (χ1n) is 6.95. The Bertz CT molecular complexity index is 626. The average molecular weight is 284 g/mol. The fraction of sp³-hybridized carbons (Fsp3) is 0.235. The number of nitrogens with two attached hydrogens (primary N) is 2. The Hall–Kier alpha value is -2.17. The third kappa shape index (κ3) is 3.90. The highest BCUT2D eigenvalue weighted by atomic mass is 16.4. The minimum Gasteiger partial charge on any atom is -0.481 e. The largest absolute Gasteiger partial charge is 0.481 e. The molecule has 0 radical (unpaired) electrons. The molecule has 0 aromatic heterocycles. The van der Waals surface area contributed by atoms with E-state index < -0.39 is 5.97 Å². The minimum atomic E-state index is -0.832. The number of carboxylic acid groups (broad SMARTS) is 1. The Balaban J connectivity index is 2.33. The average Bonchev–Trinajstić information content (AvgIpc) is 2.52. The number of benzene rings is 2. The van der Waals surface area contributed by atoms with E-state index in [0.29, 0.717) is 13.1 Å². The van der Waals surface area contributed by atoms with E-state index >= 15 is 0 Å². The third-order valence-electron chi connectivity index (χ3n) is 3.56. The number of hydrogen-bond donors (Lipinski definition) is 3. The lowest BCUT2D eigenvalue weighted by Gasteiger charge is -2.14. The summed E-state index contributed by atoms with van der Waals surface area (Å²) >= 11 is 0. The van der Waals surface area contributed by atoms with Crippen molar-refractivity contribution < 1.29 is 9.90 Å². The van der Waals surface area contributed by atoms with Crippen LogP contribution in [0.3, 0.4) is 0 Å². The van der Waals surface area contributed by atoms with E-state index in [2.05, 4.69) is 0 Å². The molecular formula is C17H20N2O2. The Morgan fingerprint density at radius 1 is 1.05 bits per heavy atom. The Morgan fingerprint density at radius 2 is 1.71 bits per heavy atom. The topological polar surface area (TPSA) is 89.3 Å². The van der Waals surface area contributed by atoms with E-state index in [-0.39, 0.29) is 12.3 Å². The van der Waals surface area contributed by atoms with E-state index in [1.807, 2.05) is 48.5 Å². The molecule has 110 valence electrons. The summed E-state index contributed by atoms with van der Waals surface area (Å²) < 4.78 is 0. The molecule has 5 N–H and O–H groups in total. The van der Waals surface area contributed by atoms with E-state index in [4.69, 9.17) is 16.6 Å². The first-order valence-corrected chi connectivity index (χ1v) is 6.95. The van der Waals surface area contributed by atoms with Gasteiger partial charge in [0.05, 0.1) is 6.42 Å². The first kappa shape index (κ1) is 15.2. The zero-order valence-electron chi connectivity index (χ0n) is 11.8. The van der Waals surface area contributed by atoms with Gasteiger partial charge in [0.15, 0.2) is 0 Å². The van der Waals surface area contributed by atoms with Crippen molar-refractivity contribution in [1.29, 1.82) is 0 Å². The van der Waals surface area contributed by atoms with E-state index in [1.165, 1.54) is 0 Å². The van der Waals surface area contributed by atoms with E-state index in [9.17, 15) is 4.79 Å². The van der Waals surface area contributed by atoms with Gasteiger partial charge in [-0.2, -0.15) is 0 Å². The summed E-state index contributed by atoms with van der Waals surface area (Å²) in [5.74, 6) is -0.999. The monoisotopic (exact) mass is 284 g/mol. The second-order valence-electron chi connectivity index (χ2n) is 5.06. The van der Waals surface area contributed by atoms with Crippen molar-refractivity contribution in [3.8, 4) is 11.1 Å². The van der Waals surface area contributed by atoms with Gasteiger partial charge in [-0.15, -0.1) is 0 Å². The Morgan fingerprint density at radius 3 is 2.33 bits per heavy atom. The van der Waals surface area contributed by atoms with Crippen molar-refractivity contribution >= 4 is 5.97 Å². The van der Waals surface area contributed by atoms with Crippen LogP contribution in [-0.4, -0.2) is 17.6 Å². The number of rotatable bonds is 6. The van der Waals surface area contributed by atoms with Gasteiger partial charge in [0.1, 0.15) is 0 Å². The minimum absolute atomic E-state index is 0.0444. The van der Waals surface area contributed by atoms with Crippen molar-refractivity contribution in [3.63, 3.8) is 0 Å². The van der Waals surface area contributed by atoms with E-state index in [0.717, 1.165) is 22.3 Å². The number of hydrogen-bond acceptors (Lipinski definition) is 3. The lowest BCUT2D eigenvalue weighted by atomic mass is 9.92. The molecule has 0 unspecified atom stereocenters. The molecule has 4 heteroatoms. The molecule has 0 saturated carbocycles. The quantitative estimate of drug-likeness (QED) is 0.759. The van der Waals surface area contributed by atoms with Gasteiger partial charge in [0.2, 0.25) is 0 Å². The zero-order valence-corrected chi connectivity index (χ0v) is 11.8. The molecule has 21 heavy (non-hydrogen) atoms. The van der Waals surface area contributed by atoms with Crippen LogP contribution in [0, 0.1) is 0 Å². The summed E-state index contributed by atoms with van der Waals surface area (Å²) in [6, 6.07) is 15.9. The molecule has 0 bridgehead atoms. The van der Waals surface area contributed by atoms with Gasteiger partial charge in [-0.3, -0.25) is 4.79 Å². The van der Waals surface area contributed by atoms with Crippen LogP contribution in [0.1, 0.15) is 23.5 Å². The second-order valence-corrected chi connectivity index (χ2v) is 5.06. The summed E-state index contributed by atoms with van der Waals surface area (Å²) in [4.78, 5) is 10.9. The van der Waals surface area contributed by atoms with Crippen LogP contribution < -0.4 is 11.5 Å². The fourth-order valence-electron chi connectivity index (χ4n) is 2.40. The normalized spacial score (nSPS) is 12.1. The smallest absolute Gasteiger partial charge is 0.304 e. The lowest BCUT2D eigenvalue weighted by Crippen LogP contribution is -2.16. The second kappa shape index (κ2) is 7.02. The van der Waals surface area contributed by atoms with Crippen LogP contribution in [0.15, 0.2) is 48.5 Å². The summed E-state index contributed by atoms with van der Waals surface area (Å²) in [7, 11) is 0. The van der Waals surface area contributed by atoms with Crippen molar-refractivity contribution in [2.45, 2.75) is 18.9 Å². The summed E-state index contributed by atoms with van der Waals surface area (Å²) in [6.07, 6.45) is 0.0444. The summed E-state index contributed by atoms with van der Waals surface area (Å²) in [5.41, 5.74) is 15.5. The molecule has 0 fully saturated rings. The fourth-order valence-corrected chi connectivity index (χ4v) is 2.40. The van der Waals surface area contributed by atoms with Gasteiger partial charge in [-0.25, -0.2) is 0 Å². The molecule has 4 nitrogen and oxygen atoms in total. The highest BCUT2D eigenvalue weighted by molar-refractivity contribution is 5.69. The maximum Gasteiger partial charge on any atom is 0.304 e. The Kier molecular flexibility index (Phi) is 5.09. The number of aliphatic carboxylic acids is 1. The molecule has 0 saturated heterocycles. The maximum absolute atomic E-state index is 10.9. The maximum atomic E-state index is 10.9. The predicted molar refractivity (Wildman–Crippen MR) is 83.8 cm³/mol. The van der Waals surface area contributed by atoms with Gasteiger partial charge < -0.3 is 16.6 Å².